The average molecular weight is 184 g/mol. The standard InChI is InChI=1S/C7H8N2S2/c8-7(10)5-1-2-9-4-11-3-6(5)9/h1-2H,3-4H2,(H2,8,10). The van der Waals surface area contributed by atoms with Crippen molar-refractivity contribution in [1.29, 1.82) is 0 Å². The zero-order valence-corrected chi connectivity index (χ0v) is 7.54. The van der Waals surface area contributed by atoms with E-state index in [4.69, 9.17) is 18.0 Å². The van der Waals surface area contributed by atoms with Gasteiger partial charge in [0.25, 0.3) is 0 Å². The molecule has 0 aliphatic carbocycles. The molecule has 58 valence electrons. The van der Waals surface area contributed by atoms with Crippen LogP contribution in [0.15, 0.2) is 12.3 Å². The normalized spacial score (nSPS) is 14.9. The number of thioether (sulfide) groups is 1. The zero-order valence-electron chi connectivity index (χ0n) is 5.91. The second kappa shape index (κ2) is 2.53. The SMILES string of the molecule is NC(=S)c1ccn2c1CSC2. The van der Waals surface area contributed by atoms with E-state index in [2.05, 4.69) is 4.57 Å². The maximum Gasteiger partial charge on any atom is 0.105 e. The highest BCUT2D eigenvalue weighted by Gasteiger charge is 2.15. The Morgan fingerprint density at radius 1 is 1.73 bits per heavy atom. The fraction of sp³-hybridized carbons (Fsp3) is 0.286. The topological polar surface area (TPSA) is 30.9 Å². The highest BCUT2D eigenvalue weighted by molar-refractivity contribution is 7.97. The van der Waals surface area contributed by atoms with E-state index in [1.807, 2.05) is 24.0 Å². The van der Waals surface area contributed by atoms with E-state index in [1.165, 1.54) is 5.69 Å². The second-order valence-electron chi connectivity index (χ2n) is 2.49. The molecule has 2 heterocycles. The summed E-state index contributed by atoms with van der Waals surface area (Å²) in [5.74, 6) is 2.08. The Bertz CT molecular complexity index is 303. The van der Waals surface area contributed by atoms with Gasteiger partial charge in [-0.25, -0.2) is 0 Å². The summed E-state index contributed by atoms with van der Waals surface area (Å²) in [6.07, 6.45) is 2.05. The number of nitrogens with two attached hydrogens (primary N) is 1. The third kappa shape index (κ3) is 1.06. The van der Waals surface area contributed by atoms with Crippen LogP contribution in [0.4, 0.5) is 0 Å². The van der Waals surface area contributed by atoms with Gasteiger partial charge in [0.05, 0.1) is 5.88 Å². The van der Waals surface area contributed by atoms with Gasteiger partial charge in [-0.2, -0.15) is 0 Å². The summed E-state index contributed by atoms with van der Waals surface area (Å²) in [5.41, 5.74) is 7.87. The molecule has 1 aliphatic heterocycles. The summed E-state index contributed by atoms with van der Waals surface area (Å²) in [5, 5.41) is 0. The largest absolute Gasteiger partial charge is 0.389 e. The molecule has 2 nitrogen and oxygen atoms in total. The highest BCUT2D eigenvalue weighted by atomic mass is 32.2. The molecule has 0 atom stereocenters. The van der Waals surface area contributed by atoms with E-state index in [-0.39, 0.29) is 0 Å². The molecule has 0 amide bonds. The Hall–Kier alpha value is -0.480. The molecule has 0 fully saturated rings. The van der Waals surface area contributed by atoms with Crippen LogP contribution in [0.5, 0.6) is 0 Å². The predicted octanol–water partition coefficient (Wildman–Crippen LogP) is 1.33. The van der Waals surface area contributed by atoms with Crippen molar-refractivity contribution in [3.8, 4) is 0 Å². The lowest BCUT2D eigenvalue weighted by Gasteiger charge is -1.96. The summed E-state index contributed by atoms with van der Waals surface area (Å²) in [4.78, 5) is 0.515. The third-order valence-corrected chi connectivity index (χ3v) is 2.97. The fourth-order valence-corrected chi connectivity index (χ4v) is 2.48. The minimum atomic E-state index is 0.515. The number of rotatable bonds is 1. The van der Waals surface area contributed by atoms with E-state index < -0.39 is 0 Å². The van der Waals surface area contributed by atoms with Crippen LogP contribution >= 0.6 is 24.0 Å². The van der Waals surface area contributed by atoms with Crippen LogP contribution in [0.2, 0.25) is 0 Å². The summed E-state index contributed by atoms with van der Waals surface area (Å²) in [7, 11) is 0. The number of hydrogen-bond donors (Lipinski definition) is 1. The molecular formula is C7H8N2S2. The van der Waals surface area contributed by atoms with Gasteiger partial charge in [-0.05, 0) is 6.07 Å². The molecule has 11 heavy (non-hydrogen) atoms. The first kappa shape index (κ1) is 7.18. The van der Waals surface area contributed by atoms with Crippen molar-refractivity contribution in [3.63, 3.8) is 0 Å². The van der Waals surface area contributed by atoms with Crippen molar-refractivity contribution in [3.05, 3.63) is 23.5 Å². The minimum Gasteiger partial charge on any atom is -0.389 e. The Balaban J connectivity index is 2.50. The van der Waals surface area contributed by atoms with Crippen molar-refractivity contribution in [2.45, 2.75) is 11.6 Å². The van der Waals surface area contributed by atoms with Crippen LogP contribution in [-0.2, 0) is 11.6 Å². The van der Waals surface area contributed by atoms with Gasteiger partial charge < -0.3 is 10.3 Å². The van der Waals surface area contributed by atoms with E-state index in [9.17, 15) is 0 Å². The fourth-order valence-electron chi connectivity index (χ4n) is 1.25. The van der Waals surface area contributed by atoms with Crippen molar-refractivity contribution in [2.24, 2.45) is 5.73 Å². The number of nitrogens with zero attached hydrogens (tertiary/aromatic N) is 1. The molecule has 0 aromatic carbocycles. The Labute approximate surface area is 74.8 Å². The summed E-state index contributed by atoms with van der Waals surface area (Å²) in [6.45, 7) is 0. The molecule has 4 heteroatoms. The smallest absolute Gasteiger partial charge is 0.105 e. The van der Waals surface area contributed by atoms with E-state index in [0.717, 1.165) is 17.2 Å². The van der Waals surface area contributed by atoms with Gasteiger partial charge in [0.1, 0.15) is 4.99 Å². The number of hydrogen-bond acceptors (Lipinski definition) is 2. The second-order valence-corrected chi connectivity index (χ2v) is 3.88. The number of thiocarbonyl (C=S) groups is 1. The van der Waals surface area contributed by atoms with Crippen molar-refractivity contribution in [2.75, 3.05) is 0 Å². The lowest BCUT2D eigenvalue weighted by molar-refractivity contribution is 0.887. The van der Waals surface area contributed by atoms with Crippen LogP contribution in [0, 0.1) is 0 Å². The molecule has 1 aliphatic rings. The monoisotopic (exact) mass is 184 g/mol. The third-order valence-electron chi connectivity index (χ3n) is 1.81. The molecule has 0 radical (unpaired) electrons. The lowest BCUT2D eigenvalue weighted by atomic mass is 10.2. The quantitative estimate of drug-likeness (QED) is 0.668. The molecule has 2 rings (SSSR count). The van der Waals surface area contributed by atoms with Crippen molar-refractivity contribution in [1.82, 2.24) is 4.57 Å². The zero-order chi connectivity index (χ0) is 7.84. The molecular weight excluding hydrogens is 176 g/mol. The highest BCUT2D eigenvalue weighted by Crippen LogP contribution is 2.27. The van der Waals surface area contributed by atoms with Crippen molar-refractivity contribution >= 4 is 29.0 Å². The molecule has 0 spiro atoms. The van der Waals surface area contributed by atoms with Crippen LogP contribution in [0.25, 0.3) is 0 Å². The van der Waals surface area contributed by atoms with Crippen molar-refractivity contribution < 1.29 is 0 Å². The summed E-state index contributed by atoms with van der Waals surface area (Å²) >= 11 is 6.80. The Kier molecular flexibility index (Phi) is 1.65. The molecule has 2 N–H and O–H groups in total. The molecule has 0 unspecified atom stereocenters. The van der Waals surface area contributed by atoms with Gasteiger partial charge in [0.2, 0.25) is 0 Å². The van der Waals surface area contributed by atoms with Crippen LogP contribution < -0.4 is 5.73 Å². The van der Waals surface area contributed by atoms with Gasteiger partial charge >= 0.3 is 0 Å². The van der Waals surface area contributed by atoms with Gasteiger partial charge in [-0.3, -0.25) is 0 Å². The first-order valence-electron chi connectivity index (χ1n) is 3.34. The van der Waals surface area contributed by atoms with Crippen LogP contribution in [0.3, 0.4) is 0 Å². The predicted molar refractivity (Wildman–Crippen MR) is 51.6 cm³/mol. The minimum absolute atomic E-state index is 0.515. The average Bonchev–Trinajstić information content (AvgIpc) is 2.41. The lowest BCUT2D eigenvalue weighted by Crippen LogP contribution is -2.10. The van der Waals surface area contributed by atoms with E-state index in [0.29, 0.717) is 4.99 Å². The Morgan fingerprint density at radius 2 is 2.55 bits per heavy atom. The summed E-state index contributed by atoms with van der Waals surface area (Å²) in [6, 6.07) is 2.00. The first-order valence-corrected chi connectivity index (χ1v) is 4.91. The van der Waals surface area contributed by atoms with Crippen LogP contribution in [-0.4, -0.2) is 9.56 Å². The van der Waals surface area contributed by atoms with Gasteiger partial charge in [0, 0.05) is 23.2 Å². The van der Waals surface area contributed by atoms with Gasteiger partial charge in [0.15, 0.2) is 0 Å². The molecule has 0 bridgehead atoms. The van der Waals surface area contributed by atoms with Gasteiger partial charge in [-0.15, -0.1) is 11.8 Å². The maximum absolute atomic E-state index is 5.54. The van der Waals surface area contributed by atoms with Gasteiger partial charge in [-0.1, -0.05) is 12.2 Å². The molecule has 0 saturated heterocycles. The maximum atomic E-state index is 5.54. The van der Waals surface area contributed by atoms with E-state index in [1.54, 1.807) is 0 Å². The number of fused-ring (bicyclic) bond motifs is 1. The molecule has 1 aromatic heterocycles. The number of aromatic nitrogens is 1. The Morgan fingerprint density at radius 3 is 3.27 bits per heavy atom. The first-order chi connectivity index (χ1) is 5.29. The molecule has 0 saturated carbocycles. The van der Waals surface area contributed by atoms with Crippen LogP contribution in [0.1, 0.15) is 11.3 Å². The molecule has 1 aromatic rings. The van der Waals surface area contributed by atoms with E-state index >= 15 is 0 Å². The summed E-state index contributed by atoms with van der Waals surface area (Å²) < 4.78 is 2.19.